The number of amides is 1. The first-order valence-electron chi connectivity index (χ1n) is 6.03. The van der Waals surface area contributed by atoms with E-state index in [1.807, 2.05) is 44.2 Å². The van der Waals surface area contributed by atoms with Crippen LogP contribution in [-0.2, 0) is 11.3 Å². The first-order valence-corrected chi connectivity index (χ1v) is 6.03. The van der Waals surface area contributed by atoms with Crippen LogP contribution in [0.25, 0.3) is 0 Å². The van der Waals surface area contributed by atoms with Crippen LogP contribution in [0.5, 0.6) is 5.75 Å². The molecular formula is C14H18N2O3. The van der Waals surface area contributed by atoms with E-state index in [1.165, 1.54) is 11.9 Å². The van der Waals surface area contributed by atoms with Gasteiger partial charge >= 0.3 is 6.09 Å². The SMILES string of the molecule is CC(C)Oc1ccc(COC(=O)N(C)CC#N)cc1. The Morgan fingerprint density at radius 2 is 2.00 bits per heavy atom. The molecule has 102 valence electrons. The van der Waals surface area contributed by atoms with Crippen LogP contribution in [0.1, 0.15) is 19.4 Å². The fourth-order valence-electron chi connectivity index (χ4n) is 1.36. The molecule has 0 N–H and O–H groups in total. The summed E-state index contributed by atoms with van der Waals surface area (Å²) < 4.78 is 10.6. The molecule has 1 amide bonds. The summed E-state index contributed by atoms with van der Waals surface area (Å²) in [6.07, 6.45) is -0.382. The number of rotatable bonds is 5. The van der Waals surface area contributed by atoms with E-state index in [4.69, 9.17) is 14.7 Å². The fraction of sp³-hybridized carbons (Fsp3) is 0.429. The lowest BCUT2D eigenvalue weighted by Gasteiger charge is -2.13. The first-order chi connectivity index (χ1) is 9.02. The van der Waals surface area contributed by atoms with Gasteiger partial charge in [-0.25, -0.2) is 4.79 Å². The smallest absolute Gasteiger partial charge is 0.410 e. The molecule has 0 aliphatic carbocycles. The summed E-state index contributed by atoms with van der Waals surface area (Å²) in [5.41, 5.74) is 0.870. The van der Waals surface area contributed by atoms with Gasteiger partial charge in [0.05, 0.1) is 12.2 Å². The summed E-state index contributed by atoms with van der Waals surface area (Å²) >= 11 is 0. The number of carbonyl (C=O) groups excluding carboxylic acids is 1. The Bertz CT molecular complexity index is 449. The van der Waals surface area contributed by atoms with Gasteiger partial charge in [0.25, 0.3) is 0 Å². The molecule has 0 unspecified atom stereocenters. The third-order valence-electron chi connectivity index (χ3n) is 2.28. The Morgan fingerprint density at radius 1 is 1.37 bits per heavy atom. The first kappa shape index (κ1) is 14.8. The van der Waals surface area contributed by atoms with E-state index in [-0.39, 0.29) is 19.3 Å². The molecule has 0 bridgehead atoms. The van der Waals surface area contributed by atoms with Crippen molar-refractivity contribution in [3.05, 3.63) is 29.8 Å². The van der Waals surface area contributed by atoms with Crippen molar-refractivity contribution in [1.29, 1.82) is 5.26 Å². The molecule has 1 aromatic rings. The topological polar surface area (TPSA) is 62.6 Å². The van der Waals surface area contributed by atoms with E-state index in [2.05, 4.69) is 0 Å². The Balaban J connectivity index is 2.46. The minimum Gasteiger partial charge on any atom is -0.491 e. The highest BCUT2D eigenvalue weighted by Gasteiger charge is 2.09. The zero-order valence-corrected chi connectivity index (χ0v) is 11.4. The number of nitriles is 1. The van der Waals surface area contributed by atoms with Crippen molar-refractivity contribution in [3.8, 4) is 11.8 Å². The van der Waals surface area contributed by atoms with Crippen LogP contribution in [0.2, 0.25) is 0 Å². The highest BCUT2D eigenvalue weighted by molar-refractivity contribution is 5.67. The molecule has 0 aromatic heterocycles. The van der Waals surface area contributed by atoms with E-state index in [0.717, 1.165) is 11.3 Å². The molecule has 1 aromatic carbocycles. The average Bonchev–Trinajstić information content (AvgIpc) is 2.37. The zero-order chi connectivity index (χ0) is 14.3. The molecule has 0 saturated heterocycles. The Morgan fingerprint density at radius 3 is 2.53 bits per heavy atom. The van der Waals surface area contributed by atoms with E-state index in [0.29, 0.717) is 0 Å². The molecular weight excluding hydrogens is 244 g/mol. The summed E-state index contributed by atoms with van der Waals surface area (Å²) in [4.78, 5) is 12.7. The molecule has 5 nitrogen and oxygen atoms in total. The van der Waals surface area contributed by atoms with Crippen molar-refractivity contribution in [3.63, 3.8) is 0 Å². The maximum Gasteiger partial charge on any atom is 0.410 e. The maximum absolute atomic E-state index is 11.4. The van der Waals surface area contributed by atoms with E-state index in [1.54, 1.807) is 0 Å². The van der Waals surface area contributed by atoms with Crippen molar-refractivity contribution in [2.45, 2.75) is 26.6 Å². The van der Waals surface area contributed by atoms with Crippen molar-refractivity contribution in [2.75, 3.05) is 13.6 Å². The van der Waals surface area contributed by atoms with Crippen LogP contribution in [0.15, 0.2) is 24.3 Å². The average molecular weight is 262 g/mol. The van der Waals surface area contributed by atoms with Gasteiger partial charge in [-0.3, -0.25) is 4.90 Å². The van der Waals surface area contributed by atoms with Crippen LogP contribution in [0.4, 0.5) is 4.79 Å². The number of hydrogen-bond acceptors (Lipinski definition) is 4. The molecule has 5 heteroatoms. The minimum absolute atomic E-state index is 0.0139. The second-order valence-corrected chi connectivity index (χ2v) is 4.38. The highest BCUT2D eigenvalue weighted by atomic mass is 16.6. The summed E-state index contributed by atoms with van der Waals surface area (Å²) in [6, 6.07) is 9.24. The Hall–Kier alpha value is -2.22. The highest BCUT2D eigenvalue weighted by Crippen LogP contribution is 2.14. The monoisotopic (exact) mass is 262 g/mol. The summed E-state index contributed by atoms with van der Waals surface area (Å²) in [7, 11) is 1.52. The number of hydrogen-bond donors (Lipinski definition) is 0. The standard InChI is InChI=1S/C14H18N2O3/c1-11(2)19-13-6-4-12(5-7-13)10-18-14(17)16(3)9-8-15/h4-7,11H,9-10H2,1-3H3. The van der Waals surface area contributed by atoms with Crippen LogP contribution < -0.4 is 4.74 Å². The van der Waals surface area contributed by atoms with E-state index >= 15 is 0 Å². The number of benzene rings is 1. The number of nitrogens with zero attached hydrogens (tertiary/aromatic N) is 2. The second kappa shape index (κ2) is 7.27. The third kappa shape index (κ3) is 5.30. The summed E-state index contributed by atoms with van der Waals surface area (Å²) in [5.74, 6) is 0.784. The van der Waals surface area contributed by atoms with E-state index < -0.39 is 6.09 Å². The van der Waals surface area contributed by atoms with Crippen LogP contribution in [-0.4, -0.2) is 30.7 Å². The van der Waals surface area contributed by atoms with Gasteiger partial charge in [0.2, 0.25) is 0 Å². The predicted octanol–water partition coefficient (Wildman–Crippen LogP) is 2.57. The van der Waals surface area contributed by atoms with Gasteiger partial charge in [0.15, 0.2) is 0 Å². The van der Waals surface area contributed by atoms with Gasteiger partial charge < -0.3 is 9.47 Å². The molecule has 0 heterocycles. The predicted molar refractivity (Wildman–Crippen MR) is 70.6 cm³/mol. The second-order valence-electron chi connectivity index (χ2n) is 4.38. The van der Waals surface area contributed by atoms with Crippen LogP contribution in [0.3, 0.4) is 0 Å². The van der Waals surface area contributed by atoms with E-state index in [9.17, 15) is 4.79 Å². The summed E-state index contributed by atoms with van der Waals surface area (Å²) in [6.45, 7) is 4.11. The molecule has 0 aliphatic heterocycles. The summed E-state index contributed by atoms with van der Waals surface area (Å²) in [5, 5.41) is 8.46. The fourth-order valence-corrected chi connectivity index (χ4v) is 1.36. The zero-order valence-electron chi connectivity index (χ0n) is 11.4. The van der Waals surface area contributed by atoms with Gasteiger partial charge in [0.1, 0.15) is 18.9 Å². The quantitative estimate of drug-likeness (QED) is 0.765. The molecule has 0 aliphatic rings. The molecule has 0 spiro atoms. The molecule has 19 heavy (non-hydrogen) atoms. The normalized spacial score (nSPS) is 9.84. The van der Waals surface area contributed by atoms with Crippen LogP contribution in [0, 0.1) is 11.3 Å². The van der Waals surface area contributed by atoms with Crippen molar-refractivity contribution in [1.82, 2.24) is 4.90 Å². The maximum atomic E-state index is 11.4. The van der Waals surface area contributed by atoms with Crippen molar-refractivity contribution in [2.24, 2.45) is 0 Å². The van der Waals surface area contributed by atoms with Crippen molar-refractivity contribution >= 4 is 6.09 Å². The van der Waals surface area contributed by atoms with Crippen molar-refractivity contribution < 1.29 is 14.3 Å². The van der Waals surface area contributed by atoms with Gasteiger partial charge in [-0.1, -0.05) is 12.1 Å². The van der Waals surface area contributed by atoms with Gasteiger partial charge in [-0.05, 0) is 31.5 Å². The lowest BCUT2D eigenvalue weighted by Crippen LogP contribution is -2.27. The van der Waals surface area contributed by atoms with Crippen LogP contribution >= 0.6 is 0 Å². The lowest BCUT2D eigenvalue weighted by molar-refractivity contribution is 0.108. The van der Waals surface area contributed by atoms with Gasteiger partial charge in [-0.15, -0.1) is 0 Å². The van der Waals surface area contributed by atoms with Gasteiger partial charge in [-0.2, -0.15) is 5.26 Å². The van der Waals surface area contributed by atoms with Gasteiger partial charge in [0, 0.05) is 7.05 Å². The molecule has 0 saturated carbocycles. The third-order valence-corrected chi connectivity index (χ3v) is 2.28. The lowest BCUT2D eigenvalue weighted by atomic mass is 10.2. The Labute approximate surface area is 113 Å². The Kier molecular flexibility index (Phi) is 5.68. The number of carbonyl (C=O) groups is 1. The molecule has 0 atom stereocenters. The molecule has 0 fully saturated rings. The largest absolute Gasteiger partial charge is 0.491 e. The molecule has 1 rings (SSSR count). The minimum atomic E-state index is -0.510. The number of ether oxygens (including phenoxy) is 2. The molecule has 0 radical (unpaired) electrons.